The van der Waals surface area contributed by atoms with E-state index < -0.39 is 0 Å². The molecule has 0 aliphatic rings. The van der Waals surface area contributed by atoms with Crippen LogP contribution in [-0.2, 0) is 0 Å². The van der Waals surface area contributed by atoms with E-state index in [1.807, 2.05) is 30.3 Å². The molecule has 2 aromatic carbocycles. The van der Waals surface area contributed by atoms with Crippen molar-refractivity contribution in [3.63, 3.8) is 0 Å². The Morgan fingerprint density at radius 3 is 2.73 bits per heavy atom. The van der Waals surface area contributed by atoms with E-state index in [1.165, 1.54) is 0 Å². The zero-order valence-corrected chi connectivity index (χ0v) is 13.4. The van der Waals surface area contributed by atoms with Gasteiger partial charge in [-0.15, -0.1) is 0 Å². The molecule has 0 aliphatic heterocycles. The van der Waals surface area contributed by atoms with Gasteiger partial charge < -0.3 is 4.74 Å². The van der Waals surface area contributed by atoms with Gasteiger partial charge in [-0.3, -0.25) is 4.79 Å². The van der Waals surface area contributed by atoms with Gasteiger partial charge in [0.15, 0.2) is 0 Å². The van der Waals surface area contributed by atoms with E-state index in [9.17, 15) is 4.79 Å². The summed E-state index contributed by atoms with van der Waals surface area (Å²) in [6.45, 7) is 4.02. The van der Waals surface area contributed by atoms with Gasteiger partial charge >= 0.3 is 0 Å². The molecule has 2 rings (SSSR count). The van der Waals surface area contributed by atoms with Gasteiger partial charge in [-0.1, -0.05) is 36.9 Å². The second-order valence-electron chi connectivity index (χ2n) is 4.32. The van der Waals surface area contributed by atoms with Gasteiger partial charge in [0.1, 0.15) is 12.4 Å². The highest BCUT2D eigenvalue weighted by Gasteiger charge is 2.07. The molecule has 22 heavy (non-hydrogen) atoms. The Labute approximate surface area is 137 Å². The number of rotatable bonds is 6. The first-order valence-electron chi connectivity index (χ1n) is 6.63. The molecule has 0 heterocycles. The zero-order chi connectivity index (χ0) is 15.8. The van der Waals surface area contributed by atoms with Crippen LogP contribution in [-0.4, -0.2) is 18.7 Å². The van der Waals surface area contributed by atoms with Crippen LogP contribution in [0.2, 0.25) is 0 Å². The molecular formula is C17H15BrN2O2. The molecule has 0 aliphatic carbocycles. The van der Waals surface area contributed by atoms with Crippen LogP contribution in [0.1, 0.15) is 15.9 Å². The zero-order valence-electron chi connectivity index (χ0n) is 11.8. The van der Waals surface area contributed by atoms with Crippen LogP contribution in [0.25, 0.3) is 0 Å². The molecular weight excluding hydrogens is 344 g/mol. The summed E-state index contributed by atoms with van der Waals surface area (Å²) < 4.78 is 6.24. The average molecular weight is 359 g/mol. The number of nitrogens with one attached hydrogen (secondary N) is 1. The summed E-state index contributed by atoms with van der Waals surface area (Å²) in [5.74, 6) is 0.398. The second kappa shape index (κ2) is 8.14. The van der Waals surface area contributed by atoms with Gasteiger partial charge in [-0.05, 0) is 40.2 Å². The molecule has 112 valence electrons. The van der Waals surface area contributed by atoms with Crippen LogP contribution < -0.4 is 10.2 Å². The number of nitrogens with zero attached hydrogens (tertiary/aromatic N) is 1. The Morgan fingerprint density at radius 2 is 1.95 bits per heavy atom. The number of hydrazone groups is 1. The molecule has 0 atom stereocenters. The standard InChI is InChI=1S/C17H15BrN2O2/c1-2-11-22-16-10-6-3-7-13(16)12-19-20-17(21)14-8-4-5-9-15(14)18/h2-10,12H,1,11H2,(H,20,21)/b19-12+. The molecule has 0 fully saturated rings. The normalized spacial score (nSPS) is 10.4. The van der Waals surface area contributed by atoms with Crippen molar-refractivity contribution in [2.24, 2.45) is 5.10 Å². The first-order valence-corrected chi connectivity index (χ1v) is 7.42. The van der Waals surface area contributed by atoms with Crippen molar-refractivity contribution in [1.29, 1.82) is 0 Å². The van der Waals surface area contributed by atoms with Gasteiger partial charge in [0.25, 0.3) is 5.91 Å². The van der Waals surface area contributed by atoms with E-state index in [2.05, 4.69) is 33.0 Å². The quantitative estimate of drug-likeness (QED) is 0.485. The third-order valence-corrected chi connectivity index (χ3v) is 3.46. The summed E-state index contributed by atoms with van der Waals surface area (Å²) in [4.78, 5) is 12.0. The number of hydrogen-bond donors (Lipinski definition) is 1. The minimum atomic E-state index is -0.284. The fourth-order valence-electron chi connectivity index (χ4n) is 1.73. The van der Waals surface area contributed by atoms with E-state index in [4.69, 9.17) is 4.74 Å². The van der Waals surface area contributed by atoms with Crippen LogP contribution in [0.5, 0.6) is 5.75 Å². The lowest BCUT2D eigenvalue weighted by molar-refractivity contribution is 0.0954. The van der Waals surface area contributed by atoms with Crippen molar-refractivity contribution in [3.8, 4) is 5.75 Å². The van der Waals surface area contributed by atoms with E-state index >= 15 is 0 Å². The molecule has 5 heteroatoms. The van der Waals surface area contributed by atoms with Gasteiger partial charge in [0, 0.05) is 10.0 Å². The maximum absolute atomic E-state index is 12.0. The summed E-state index contributed by atoms with van der Waals surface area (Å²) in [7, 11) is 0. The minimum absolute atomic E-state index is 0.284. The van der Waals surface area contributed by atoms with Gasteiger partial charge in [-0.2, -0.15) is 5.10 Å². The Hall–Kier alpha value is -2.40. The predicted octanol–water partition coefficient (Wildman–Crippen LogP) is 3.78. The number of carbonyl (C=O) groups excluding carboxylic acids is 1. The first kappa shape index (κ1) is 16.0. The van der Waals surface area contributed by atoms with Crippen molar-refractivity contribution in [1.82, 2.24) is 5.43 Å². The monoisotopic (exact) mass is 358 g/mol. The predicted molar refractivity (Wildman–Crippen MR) is 91.3 cm³/mol. The summed E-state index contributed by atoms with van der Waals surface area (Å²) in [6.07, 6.45) is 3.22. The largest absolute Gasteiger partial charge is 0.489 e. The third-order valence-electron chi connectivity index (χ3n) is 2.76. The van der Waals surface area contributed by atoms with Crippen molar-refractivity contribution >= 4 is 28.1 Å². The number of benzene rings is 2. The lowest BCUT2D eigenvalue weighted by Crippen LogP contribution is -2.18. The summed E-state index contributed by atoms with van der Waals surface area (Å²) >= 11 is 3.33. The Balaban J connectivity index is 2.05. The molecule has 0 saturated heterocycles. The average Bonchev–Trinajstić information content (AvgIpc) is 2.54. The molecule has 0 aromatic heterocycles. The van der Waals surface area contributed by atoms with E-state index in [-0.39, 0.29) is 5.91 Å². The second-order valence-corrected chi connectivity index (χ2v) is 5.17. The Morgan fingerprint density at radius 1 is 1.23 bits per heavy atom. The highest BCUT2D eigenvalue weighted by molar-refractivity contribution is 9.10. The van der Waals surface area contributed by atoms with Gasteiger partial charge in [0.05, 0.1) is 11.8 Å². The van der Waals surface area contributed by atoms with Crippen molar-refractivity contribution in [2.75, 3.05) is 6.61 Å². The van der Waals surface area contributed by atoms with Crippen molar-refractivity contribution < 1.29 is 9.53 Å². The van der Waals surface area contributed by atoms with Crippen molar-refractivity contribution in [2.45, 2.75) is 0 Å². The van der Waals surface area contributed by atoms with Gasteiger partial charge in [-0.25, -0.2) is 5.43 Å². The van der Waals surface area contributed by atoms with Crippen LogP contribution in [0.3, 0.4) is 0 Å². The van der Waals surface area contributed by atoms with Crippen LogP contribution in [0.4, 0.5) is 0 Å². The summed E-state index contributed by atoms with van der Waals surface area (Å²) in [5, 5.41) is 3.98. The van der Waals surface area contributed by atoms with E-state index in [1.54, 1.807) is 30.5 Å². The van der Waals surface area contributed by atoms with E-state index in [0.29, 0.717) is 17.9 Å². The number of carbonyl (C=O) groups is 1. The molecule has 0 spiro atoms. The Kier molecular flexibility index (Phi) is 5.91. The lowest BCUT2D eigenvalue weighted by atomic mass is 10.2. The topological polar surface area (TPSA) is 50.7 Å². The molecule has 2 aromatic rings. The summed E-state index contributed by atoms with van der Waals surface area (Å²) in [5.41, 5.74) is 3.80. The van der Waals surface area contributed by atoms with Crippen LogP contribution in [0.15, 0.2) is 70.8 Å². The van der Waals surface area contributed by atoms with E-state index in [0.717, 1.165) is 10.0 Å². The minimum Gasteiger partial charge on any atom is -0.489 e. The first-order chi connectivity index (χ1) is 10.7. The highest BCUT2D eigenvalue weighted by Crippen LogP contribution is 2.16. The van der Waals surface area contributed by atoms with Gasteiger partial charge in [0.2, 0.25) is 0 Å². The fourth-order valence-corrected chi connectivity index (χ4v) is 2.20. The third kappa shape index (κ3) is 4.30. The highest BCUT2D eigenvalue weighted by atomic mass is 79.9. The SMILES string of the molecule is C=CCOc1ccccc1/C=N/NC(=O)c1ccccc1Br. The number of hydrogen-bond acceptors (Lipinski definition) is 3. The smallest absolute Gasteiger partial charge is 0.272 e. The Bertz CT molecular complexity index is 699. The number of halogens is 1. The lowest BCUT2D eigenvalue weighted by Gasteiger charge is -2.06. The molecule has 1 N–H and O–H groups in total. The number of ether oxygens (including phenoxy) is 1. The van der Waals surface area contributed by atoms with Crippen LogP contribution >= 0.6 is 15.9 Å². The van der Waals surface area contributed by atoms with Crippen molar-refractivity contribution in [3.05, 3.63) is 76.8 Å². The number of amides is 1. The molecule has 0 radical (unpaired) electrons. The summed E-state index contributed by atoms with van der Waals surface area (Å²) in [6, 6.07) is 14.6. The molecule has 1 amide bonds. The molecule has 0 saturated carbocycles. The molecule has 4 nitrogen and oxygen atoms in total. The van der Waals surface area contributed by atoms with Crippen LogP contribution in [0, 0.1) is 0 Å². The maximum Gasteiger partial charge on any atom is 0.272 e. The maximum atomic E-state index is 12.0. The molecule has 0 unspecified atom stereocenters. The molecule has 0 bridgehead atoms. The number of para-hydroxylation sites is 1. The fraction of sp³-hybridized carbons (Fsp3) is 0.0588.